The van der Waals surface area contributed by atoms with Crippen LogP contribution in [0.25, 0.3) is 5.65 Å². The van der Waals surface area contributed by atoms with Crippen molar-refractivity contribution in [2.24, 2.45) is 0 Å². The van der Waals surface area contributed by atoms with E-state index in [0.717, 1.165) is 36.6 Å². The largest absolute Gasteiger partial charge is 0.364 e. The van der Waals surface area contributed by atoms with Crippen LogP contribution < -0.4 is 5.32 Å². The summed E-state index contributed by atoms with van der Waals surface area (Å²) in [5.74, 6) is 1.71. The molecule has 0 amide bonds. The smallest absolute Gasteiger partial charge is 0.203 e. The number of nitrogens with zero attached hydrogens (tertiary/aromatic N) is 4. The normalized spacial score (nSPS) is 19.7. The molecular formula is C12H15N5. The fourth-order valence-corrected chi connectivity index (χ4v) is 2.16. The Balaban J connectivity index is 1.92. The van der Waals surface area contributed by atoms with E-state index in [1.807, 2.05) is 17.5 Å². The van der Waals surface area contributed by atoms with Crippen molar-refractivity contribution in [3.8, 4) is 0 Å². The summed E-state index contributed by atoms with van der Waals surface area (Å²) in [7, 11) is 0. The van der Waals surface area contributed by atoms with Crippen molar-refractivity contribution in [1.29, 1.82) is 0 Å². The van der Waals surface area contributed by atoms with Crippen LogP contribution in [-0.4, -0.2) is 25.6 Å². The zero-order valence-corrected chi connectivity index (χ0v) is 9.80. The topological polar surface area (TPSA) is 55.1 Å². The molecule has 0 fully saturated rings. The summed E-state index contributed by atoms with van der Waals surface area (Å²) in [4.78, 5) is 4.36. The maximum Gasteiger partial charge on any atom is 0.203 e. The Bertz CT molecular complexity index is 557. The number of hydrogen-bond acceptors (Lipinski definition) is 4. The number of fused-ring (bicyclic) bond motifs is 1. The van der Waals surface area contributed by atoms with Gasteiger partial charge in [0.05, 0.1) is 0 Å². The molecule has 88 valence electrons. The summed E-state index contributed by atoms with van der Waals surface area (Å²) < 4.78 is 1.95. The molecule has 0 radical (unpaired) electrons. The molecule has 1 N–H and O–H groups in total. The van der Waals surface area contributed by atoms with E-state index in [9.17, 15) is 0 Å². The van der Waals surface area contributed by atoms with Crippen LogP contribution in [0.1, 0.15) is 25.1 Å². The molecule has 0 bridgehead atoms. The Hall–Kier alpha value is -1.91. The zero-order chi connectivity index (χ0) is 11.7. The third kappa shape index (κ3) is 1.88. The van der Waals surface area contributed by atoms with Gasteiger partial charge in [-0.25, -0.2) is 4.98 Å². The van der Waals surface area contributed by atoms with Gasteiger partial charge in [0.15, 0.2) is 5.82 Å². The second-order valence-electron chi connectivity index (χ2n) is 4.34. The van der Waals surface area contributed by atoms with Gasteiger partial charge in [-0.15, -0.1) is 10.2 Å². The first-order chi connectivity index (χ1) is 8.34. The van der Waals surface area contributed by atoms with Gasteiger partial charge in [0.1, 0.15) is 5.82 Å². The molecule has 1 aliphatic rings. The average molecular weight is 229 g/mol. The second kappa shape index (κ2) is 4.16. The van der Waals surface area contributed by atoms with Gasteiger partial charge in [0.2, 0.25) is 5.65 Å². The Labute approximate surface area is 99.6 Å². The molecule has 0 aromatic carbocycles. The first-order valence-corrected chi connectivity index (χ1v) is 5.92. The van der Waals surface area contributed by atoms with Crippen LogP contribution in [0.5, 0.6) is 0 Å². The predicted molar refractivity (Wildman–Crippen MR) is 65.9 cm³/mol. The summed E-state index contributed by atoms with van der Waals surface area (Å²) >= 11 is 0. The minimum Gasteiger partial charge on any atom is -0.364 e. The van der Waals surface area contributed by atoms with E-state index in [2.05, 4.69) is 32.7 Å². The highest BCUT2D eigenvalue weighted by Gasteiger charge is 2.13. The van der Waals surface area contributed by atoms with Crippen LogP contribution in [0.2, 0.25) is 0 Å². The van der Waals surface area contributed by atoms with E-state index >= 15 is 0 Å². The van der Waals surface area contributed by atoms with Crippen molar-refractivity contribution in [2.75, 3.05) is 5.32 Å². The Kier molecular flexibility index (Phi) is 2.51. The van der Waals surface area contributed by atoms with E-state index in [-0.39, 0.29) is 0 Å². The number of anilines is 1. The van der Waals surface area contributed by atoms with Gasteiger partial charge < -0.3 is 5.32 Å². The number of aryl methyl sites for hydroxylation is 1. The van der Waals surface area contributed by atoms with Gasteiger partial charge in [-0.2, -0.15) is 0 Å². The standard InChI is InChI=1S/C12H15N5/c1-9-15-16-12-11(13-7-8-17(9)12)14-10-5-3-2-4-6-10/h2-3,7-8,10H,4-6H2,1H3,(H,13,14). The van der Waals surface area contributed by atoms with Gasteiger partial charge in [-0.3, -0.25) is 4.40 Å². The molecule has 3 rings (SSSR count). The number of hydrogen-bond donors (Lipinski definition) is 1. The molecule has 2 aromatic rings. The van der Waals surface area contributed by atoms with Gasteiger partial charge in [-0.05, 0) is 26.2 Å². The van der Waals surface area contributed by atoms with Crippen LogP contribution >= 0.6 is 0 Å². The molecular weight excluding hydrogens is 214 g/mol. The highest BCUT2D eigenvalue weighted by Crippen LogP contribution is 2.18. The fourth-order valence-electron chi connectivity index (χ4n) is 2.16. The van der Waals surface area contributed by atoms with E-state index < -0.39 is 0 Å². The molecule has 1 unspecified atom stereocenters. The maximum atomic E-state index is 4.36. The lowest BCUT2D eigenvalue weighted by Gasteiger charge is -2.19. The number of rotatable bonds is 2. The van der Waals surface area contributed by atoms with E-state index in [4.69, 9.17) is 0 Å². The lowest BCUT2D eigenvalue weighted by molar-refractivity contribution is 0.642. The summed E-state index contributed by atoms with van der Waals surface area (Å²) in [6.45, 7) is 1.94. The van der Waals surface area contributed by atoms with Gasteiger partial charge >= 0.3 is 0 Å². The Morgan fingerprint density at radius 1 is 1.35 bits per heavy atom. The van der Waals surface area contributed by atoms with Gasteiger partial charge in [0, 0.05) is 18.4 Å². The highest BCUT2D eigenvalue weighted by atomic mass is 15.3. The second-order valence-corrected chi connectivity index (χ2v) is 4.34. The minimum absolute atomic E-state index is 0.454. The van der Waals surface area contributed by atoms with Crippen molar-refractivity contribution in [3.63, 3.8) is 0 Å². The fraction of sp³-hybridized carbons (Fsp3) is 0.417. The van der Waals surface area contributed by atoms with E-state index in [1.165, 1.54) is 0 Å². The first-order valence-electron chi connectivity index (χ1n) is 5.92. The van der Waals surface area contributed by atoms with E-state index in [0.29, 0.717) is 6.04 Å². The quantitative estimate of drug-likeness (QED) is 0.800. The summed E-state index contributed by atoms with van der Waals surface area (Å²) in [6.07, 6.45) is 11.4. The molecule has 5 heteroatoms. The molecule has 0 aliphatic heterocycles. The third-order valence-corrected chi connectivity index (χ3v) is 3.11. The first kappa shape index (κ1) is 10.3. The molecule has 1 atom stereocenters. The number of allylic oxidation sites excluding steroid dienone is 1. The maximum absolute atomic E-state index is 4.36. The van der Waals surface area contributed by atoms with Crippen molar-refractivity contribution in [1.82, 2.24) is 19.6 Å². The SMILES string of the molecule is Cc1nnc2c(NC3CC=CCC3)nccn12. The van der Waals surface area contributed by atoms with Crippen LogP contribution in [-0.2, 0) is 0 Å². The lowest BCUT2D eigenvalue weighted by atomic mass is 10.0. The van der Waals surface area contributed by atoms with Crippen LogP contribution in [0.15, 0.2) is 24.5 Å². The average Bonchev–Trinajstić information content (AvgIpc) is 2.74. The third-order valence-electron chi connectivity index (χ3n) is 3.11. The van der Waals surface area contributed by atoms with Crippen LogP contribution in [0.4, 0.5) is 5.82 Å². The van der Waals surface area contributed by atoms with Crippen molar-refractivity contribution >= 4 is 11.5 Å². The summed E-state index contributed by atoms with van der Waals surface area (Å²) in [6, 6.07) is 0.454. The lowest BCUT2D eigenvalue weighted by Crippen LogP contribution is -2.21. The molecule has 0 spiro atoms. The minimum atomic E-state index is 0.454. The Morgan fingerprint density at radius 2 is 2.29 bits per heavy atom. The van der Waals surface area contributed by atoms with Crippen molar-refractivity contribution in [2.45, 2.75) is 32.2 Å². The highest BCUT2D eigenvalue weighted by molar-refractivity contribution is 5.62. The molecule has 5 nitrogen and oxygen atoms in total. The van der Waals surface area contributed by atoms with Gasteiger partial charge in [0.25, 0.3) is 0 Å². The van der Waals surface area contributed by atoms with Gasteiger partial charge in [-0.1, -0.05) is 12.2 Å². The van der Waals surface area contributed by atoms with Crippen molar-refractivity contribution in [3.05, 3.63) is 30.4 Å². The molecule has 0 saturated carbocycles. The number of aromatic nitrogens is 4. The molecule has 2 aromatic heterocycles. The summed E-state index contributed by atoms with van der Waals surface area (Å²) in [5, 5.41) is 11.7. The van der Waals surface area contributed by atoms with Crippen LogP contribution in [0.3, 0.4) is 0 Å². The zero-order valence-electron chi connectivity index (χ0n) is 9.80. The molecule has 0 saturated heterocycles. The molecule has 1 aliphatic carbocycles. The van der Waals surface area contributed by atoms with E-state index in [1.54, 1.807) is 6.20 Å². The molecule has 2 heterocycles. The monoisotopic (exact) mass is 229 g/mol. The summed E-state index contributed by atoms with van der Waals surface area (Å²) in [5.41, 5.74) is 0.805. The number of nitrogens with one attached hydrogen (secondary N) is 1. The molecule has 17 heavy (non-hydrogen) atoms. The Morgan fingerprint density at radius 3 is 3.12 bits per heavy atom. The predicted octanol–water partition coefficient (Wildman–Crippen LogP) is 1.95. The van der Waals surface area contributed by atoms with Crippen LogP contribution in [0, 0.1) is 6.92 Å². The van der Waals surface area contributed by atoms with Crippen molar-refractivity contribution < 1.29 is 0 Å².